The van der Waals surface area contributed by atoms with Gasteiger partial charge < -0.3 is 24.4 Å². The first-order valence-corrected chi connectivity index (χ1v) is 19.2. The first-order valence-electron chi connectivity index (χ1n) is 18.4. The second-order valence-electron chi connectivity index (χ2n) is 13.3. The van der Waals surface area contributed by atoms with E-state index in [1.807, 2.05) is 72.6 Å². The summed E-state index contributed by atoms with van der Waals surface area (Å²) in [5.74, 6) is -0.890. The number of halogens is 3. The van der Waals surface area contributed by atoms with Gasteiger partial charge in [0.05, 0.1) is 6.54 Å². The van der Waals surface area contributed by atoms with Gasteiger partial charge in [-0.25, -0.2) is 4.79 Å². The van der Waals surface area contributed by atoms with Crippen LogP contribution in [0, 0.1) is 34.0 Å². The van der Waals surface area contributed by atoms with Gasteiger partial charge in [0.2, 0.25) is 5.91 Å². The molecule has 2 heterocycles. The Morgan fingerprint density at radius 2 is 1.58 bits per heavy atom. The van der Waals surface area contributed by atoms with Gasteiger partial charge in [0.25, 0.3) is 5.60 Å². The zero-order valence-corrected chi connectivity index (χ0v) is 33.4. The van der Waals surface area contributed by atoms with Crippen molar-refractivity contribution in [2.45, 2.75) is 31.7 Å². The van der Waals surface area contributed by atoms with Crippen LogP contribution in [0.5, 0.6) is 5.75 Å². The average Bonchev–Trinajstić information content (AvgIpc) is 3.85. The van der Waals surface area contributed by atoms with E-state index in [-0.39, 0.29) is 43.2 Å². The van der Waals surface area contributed by atoms with E-state index in [1.165, 1.54) is 47.7 Å². The summed E-state index contributed by atoms with van der Waals surface area (Å²) in [4.78, 5) is 27.2. The normalized spacial score (nSPS) is 14.9. The van der Waals surface area contributed by atoms with Gasteiger partial charge in [-0.15, -0.1) is 11.3 Å². The van der Waals surface area contributed by atoms with Crippen molar-refractivity contribution >= 4 is 47.1 Å². The number of carbonyl (C=O) groups excluding carboxylic acids is 2. The van der Waals surface area contributed by atoms with Crippen molar-refractivity contribution in [3.63, 3.8) is 0 Å². The molecule has 0 radical (unpaired) electrons. The van der Waals surface area contributed by atoms with Crippen molar-refractivity contribution < 1.29 is 37.0 Å². The highest BCUT2D eigenvalue weighted by atomic mass is 32.1. The van der Waals surface area contributed by atoms with Crippen LogP contribution in [0.1, 0.15) is 39.8 Å². The zero-order valence-electron chi connectivity index (χ0n) is 32.6. The van der Waals surface area contributed by atoms with E-state index in [0.29, 0.717) is 17.2 Å². The monoisotopic (exact) mass is 829 g/mol. The molecule has 10 nitrogen and oxygen atoms in total. The minimum Gasteiger partial charge on any atom is -0.488 e. The number of anilines is 1. The second-order valence-corrected chi connectivity index (χ2v) is 14.5. The molecule has 60 heavy (non-hydrogen) atoms. The van der Waals surface area contributed by atoms with Crippen LogP contribution >= 0.6 is 11.3 Å². The number of benzene rings is 3. The molecular formula is C46H38F3N5O5S. The number of nitrogens with zero attached hydrogens (tertiary/aromatic N) is 4. The van der Waals surface area contributed by atoms with Crippen molar-refractivity contribution in [1.29, 1.82) is 15.8 Å². The highest BCUT2D eigenvalue weighted by molar-refractivity contribution is 7.13. The third-order valence-corrected chi connectivity index (χ3v) is 10.1. The van der Waals surface area contributed by atoms with Crippen molar-refractivity contribution in [3.05, 3.63) is 158 Å². The highest BCUT2D eigenvalue weighted by Crippen LogP contribution is 2.56. The number of hydrogen-bond donors (Lipinski definition) is 1. The Balaban J connectivity index is 1.38. The Hall–Kier alpha value is -7.34. The molecule has 0 saturated heterocycles. The SMILES string of the molecule is C=C(C)C(=O)OCCNC(=O)CCN(C)c1ccc(/C=C/c2ccc(/C=C/C3=C(C#N)C(=C(C#N)C#N)OC3(c3ccccc3)C(F)(F)F)s2)c(OCc2ccccc2)c1. The number of alkyl halides is 3. The van der Waals surface area contributed by atoms with Gasteiger partial charge in [0.15, 0.2) is 11.3 Å². The summed E-state index contributed by atoms with van der Waals surface area (Å²) in [6.45, 7) is 5.96. The lowest BCUT2D eigenvalue weighted by atomic mass is 9.84. The summed E-state index contributed by atoms with van der Waals surface area (Å²) in [6.07, 6.45) is 1.36. The van der Waals surface area contributed by atoms with E-state index < -0.39 is 40.2 Å². The number of amides is 1. The lowest BCUT2D eigenvalue weighted by Gasteiger charge is -2.33. The number of carbonyl (C=O) groups is 2. The van der Waals surface area contributed by atoms with E-state index in [1.54, 1.807) is 37.3 Å². The molecule has 4 aromatic rings. The molecule has 1 aromatic heterocycles. The van der Waals surface area contributed by atoms with Gasteiger partial charge in [0, 0.05) is 63.8 Å². The number of allylic oxidation sites excluding steroid dienone is 2. The number of rotatable bonds is 16. The third kappa shape index (κ3) is 10.4. The van der Waals surface area contributed by atoms with Crippen molar-refractivity contribution in [1.82, 2.24) is 5.32 Å². The van der Waals surface area contributed by atoms with Crippen LogP contribution in [0.15, 0.2) is 132 Å². The van der Waals surface area contributed by atoms with Gasteiger partial charge in [-0.05, 0) is 55.0 Å². The quantitative estimate of drug-likeness (QED) is 0.0505. The fraction of sp³-hybridized carbons (Fsp3) is 0.196. The molecule has 1 amide bonds. The van der Waals surface area contributed by atoms with Gasteiger partial charge in [-0.3, -0.25) is 4.79 Å². The minimum absolute atomic E-state index is 0.0375. The van der Waals surface area contributed by atoms with Gasteiger partial charge >= 0.3 is 12.1 Å². The van der Waals surface area contributed by atoms with Crippen LogP contribution in [0.4, 0.5) is 18.9 Å². The fourth-order valence-electron chi connectivity index (χ4n) is 6.02. The molecule has 1 aliphatic heterocycles. The van der Waals surface area contributed by atoms with Gasteiger partial charge in [-0.1, -0.05) is 73.3 Å². The second kappa shape index (κ2) is 19.9. The maximum Gasteiger partial charge on any atom is 0.437 e. The summed E-state index contributed by atoms with van der Waals surface area (Å²) in [5.41, 5.74) is -2.59. The van der Waals surface area contributed by atoms with Crippen molar-refractivity contribution in [2.75, 3.05) is 31.6 Å². The standard InChI is InChI=1S/C46H38F3N5O5S/c1-31(2)44(56)57-25-23-53-42(55)22-24-54(3)36-16-14-33(41(26-36)58-30-32-10-6-4-7-11-32)15-17-37-18-19-38(60-37)20-21-40-39(29-52)43(34(27-50)28-51)59-45(40,46(47,48)49)35-12-8-5-9-13-35/h4-21,26H,1,22-25,30H2,2-3H3,(H,53,55)/b17-15+,21-20+. The molecule has 0 fully saturated rings. The molecule has 14 heteroatoms. The summed E-state index contributed by atoms with van der Waals surface area (Å²) in [5, 5.41) is 31.8. The fourth-order valence-corrected chi connectivity index (χ4v) is 6.84. The van der Waals surface area contributed by atoms with E-state index in [0.717, 1.165) is 27.8 Å². The predicted molar refractivity (Wildman–Crippen MR) is 222 cm³/mol. The Bertz CT molecular complexity index is 2470. The summed E-state index contributed by atoms with van der Waals surface area (Å²) in [7, 11) is 1.85. The maximum atomic E-state index is 15.2. The molecule has 0 aliphatic carbocycles. The first-order chi connectivity index (χ1) is 28.8. The van der Waals surface area contributed by atoms with E-state index in [2.05, 4.69) is 11.9 Å². The van der Waals surface area contributed by atoms with Crippen LogP contribution in [-0.2, 0) is 31.3 Å². The third-order valence-electron chi connectivity index (χ3n) is 9.12. The number of thiophene rings is 1. The van der Waals surface area contributed by atoms with Crippen molar-refractivity contribution in [2.24, 2.45) is 0 Å². The molecular weight excluding hydrogens is 792 g/mol. The smallest absolute Gasteiger partial charge is 0.437 e. The van der Waals surface area contributed by atoms with E-state index in [4.69, 9.17) is 14.2 Å². The topological polar surface area (TPSA) is 148 Å². The zero-order chi connectivity index (χ0) is 43.3. The summed E-state index contributed by atoms with van der Waals surface area (Å²) < 4.78 is 62.3. The Morgan fingerprint density at radius 1 is 0.933 bits per heavy atom. The Kier molecular flexibility index (Phi) is 14.5. The molecule has 1 aliphatic rings. The van der Waals surface area contributed by atoms with Gasteiger partial charge in [-0.2, -0.15) is 29.0 Å². The first kappa shape index (κ1) is 43.8. The maximum absolute atomic E-state index is 15.2. The molecule has 304 valence electrons. The van der Waals surface area contributed by atoms with Crippen LogP contribution in [0.25, 0.3) is 18.2 Å². The molecule has 1 N–H and O–H groups in total. The Morgan fingerprint density at radius 3 is 2.20 bits per heavy atom. The molecule has 1 atom stereocenters. The predicted octanol–water partition coefficient (Wildman–Crippen LogP) is 9.18. The number of nitriles is 3. The summed E-state index contributed by atoms with van der Waals surface area (Å²) >= 11 is 1.27. The largest absolute Gasteiger partial charge is 0.488 e. The lowest BCUT2D eigenvalue weighted by molar-refractivity contribution is -0.249. The van der Waals surface area contributed by atoms with Crippen LogP contribution in [-0.4, -0.2) is 44.8 Å². The van der Waals surface area contributed by atoms with Crippen LogP contribution in [0.2, 0.25) is 0 Å². The van der Waals surface area contributed by atoms with Gasteiger partial charge in [0.1, 0.15) is 42.7 Å². The molecule has 5 rings (SSSR count). The van der Waals surface area contributed by atoms with Crippen LogP contribution < -0.4 is 15.0 Å². The van der Waals surface area contributed by atoms with Crippen LogP contribution in [0.3, 0.4) is 0 Å². The minimum atomic E-state index is -5.10. The number of esters is 1. The van der Waals surface area contributed by atoms with Crippen molar-refractivity contribution in [3.8, 4) is 24.0 Å². The molecule has 0 bridgehead atoms. The van der Waals surface area contributed by atoms with E-state index in [9.17, 15) is 25.4 Å². The number of ether oxygens (including phenoxy) is 3. The molecule has 3 aromatic carbocycles. The Labute approximate surface area is 349 Å². The van der Waals surface area contributed by atoms with E-state index >= 15 is 13.2 Å². The molecule has 1 unspecified atom stereocenters. The number of nitrogens with one attached hydrogen (secondary N) is 1. The molecule has 0 spiro atoms. The number of hydrogen-bond acceptors (Lipinski definition) is 10. The summed E-state index contributed by atoms with van der Waals surface area (Å²) in [6, 6.07) is 30.4. The highest BCUT2D eigenvalue weighted by Gasteiger charge is 2.65. The lowest BCUT2D eigenvalue weighted by Crippen LogP contribution is -2.43. The average molecular weight is 830 g/mol. The molecule has 0 saturated carbocycles.